The van der Waals surface area contributed by atoms with Gasteiger partial charge in [0.15, 0.2) is 0 Å². The van der Waals surface area contributed by atoms with Crippen molar-refractivity contribution in [1.82, 2.24) is 10.6 Å². The summed E-state index contributed by atoms with van der Waals surface area (Å²) in [6.07, 6.45) is -0.605. The molecule has 0 aromatic heterocycles. The van der Waals surface area contributed by atoms with Gasteiger partial charge in [-0.25, -0.2) is 4.79 Å². The molecule has 1 heterocycles. The first kappa shape index (κ1) is 24.7. The SMILES string of the molecule is CC(C)C(CNC(=O)C1COCC1NC(=O)OCC1c2ccccc2-c2ccccc21)CC(=O)O. The number of benzene rings is 2. The Hall–Kier alpha value is -3.39. The maximum atomic E-state index is 12.8. The summed E-state index contributed by atoms with van der Waals surface area (Å²) in [4.78, 5) is 36.5. The van der Waals surface area contributed by atoms with Gasteiger partial charge in [-0.1, -0.05) is 62.4 Å². The first-order valence-electron chi connectivity index (χ1n) is 12.0. The van der Waals surface area contributed by atoms with Crippen LogP contribution in [-0.4, -0.2) is 55.5 Å². The standard InChI is InChI=1S/C27H32N2O6/c1-16(2)17(11-25(30)31)12-28-26(32)23-13-34-15-24(23)29-27(33)35-14-22-20-9-5-3-7-18(20)19-8-4-6-10-21(19)22/h3-10,16-17,22-24H,11-15H2,1-2H3,(H,28,32)(H,29,33)(H,30,31). The van der Waals surface area contributed by atoms with Gasteiger partial charge in [-0.05, 0) is 34.1 Å². The van der Waals surface area contributed by atoms with Crippen molar-refractivity contribution in [1.29, 1.82) is 0 Å². The lowest BCUT2D eigenvalue weighted by Crippen LogP contribution is -2.47. The van der Waals surface area contributed by atoms with Crippen LogP contribution in [0.1, 0.15) is 37.3 Å². The lowest BCUT2D eigenvalue weighted by Gasteiger charge is -2.23. The number of amides is 2. The first-order chi connectivity index (χ1) is 16.8. The van der Waals surface area contributed by atoms with Gasteiger partial charge in [-0.2, -0.15) is 0 Å². The molecule has 186 valence electrons. The number of carbonyl (C=O) groups excluding carboxylic acids is 2. The number of aliphatic carboxylic acids is 1. The zero-order chi connectivity index (χ0) is 24.9. The quantitative estimate of drug-likeness (QED) is 0.507. The summed E-state index contributed by atoms with van der Waals surface area (Å²) in [6, 6.07) is 15.7. The molecule has 4 rings (SSSR count). The second-order valence-electron chi connectivity index (χ2n) is 9.57. The molecule has 3 N–H and O–H groups in total. The fraction of sp³-hybridized carbons (Fsp3) is 0.444. The highest BCUT2D eigenvalue weighted by Gasteiger charge is 2.36. The summed E-state index contributed by atoms with van der Waals surface area (Å²) in [5.74, 6) is -1.82. The second kappa shape index (κ2) is 10.9. The summed E-state index contributed by atoms with van der Waals surface area (Å²) in [7, 11) is 0. The van der Waals surface area contributed by atoms with Crippen molar-refractivity contribution < 1.29 is 29.0 Å². The Kier molecular flexibility index (Phi) is 7.70. The minimum Gasteiger partial charge on any atom is -0.481 e. The summed E-state index contributed by atoms with van der Waals surface area (Å²) in [5, 5.41) is 14.7. The predicted molar refractivity (Wildman–Crippen MR) is 130 cm³/mol. The number of alkyl carbamates (subject to hydrolysis) is 1. The normalized spacial score (nSPS) is 19.6. The monoisotopic (exact) mass is 480 g/mol. The molecule has 0 bridgehead atoms. The van der Waals surface area contributed by atoms with Crippen LogP contribution < -0.4 is 10.6 Å². The van der Waals surface area contributed by atoms with Crippen LogP contribution in [0.15, 0.2) is 48.5 Å². The Labute approximate surface area is 205 Å². The van der Waals surface area contributed by atoms with Crippen molar-refractivity contribution in [2.75, 3.05) is 26.4 Å². The van der Waals surface area contributed by atoms with Crippen LogP contribution in [0.2, 0.25) is 0 Å². The van der Waals surface area contributed by atoms with E-state index < -0.39 is 24.0 Å². The van der Waals surface area contributed by atoms with Gasteiger partial charge in [0.1, 0.15) is 6.61 Å². The number of fused-ring (bicyclic) bond motifs is 3. The van der Waals surface area contributed by atoms with E-state index in [1.54, 1.807) is 0 Å². The summed E-state index contributed by atoms with van der Waals surface area (Å²) < 4.78 is 11.1. The Morgan fingerprint density at radius 1 is 1.03 bits per heavy atom. The summed E-state index contributed by atoms with van der Waals surface area (Å²) in [5.41, 5.74) is 4.56. The molecule has 2 aromatic rings. The highest BCUT2D eigenvalue weighted by atomic mass is 16.5. The third-order valence-corrected chi connectivity index (χ3v) is 6.98. The van der Waals surface area contributed by atoms with Crippen molar-refractivity contribution in [3.05, 3.63) is 59.7 Å². The molecule has 2 amide bonds. The Bertz CT molecular complexity index is 1040. The minimum atomic E-state index is -0.892. The van der Waals surface area contributed by atoms with Crippen LogP contribution in [0.5, 0.6) is 0 Å². The zero-order valence-corrected chi connectivity index (χ0v) is 20.0. The number of ether oxygens (including phenoxy) is 2. The molecule has 8 heteroatoms. The molecule has 3 unspecified atom stereocenters. The van der Waals surface area contributed by atoms with Crippen LogP contribution >= 0.6 is 0 Å². The van der Waals surface area contributed by atoms with Gasteiger partial charge in [-0.3, -0.25) is 9.59 Å². The average Bonchev–Trinajstić information content (AvgIpc) is 3.42. The van der Waals surface area contributed by atoms with E-state index in [-0.39, 0.29) is 56.4 Å². The molecule has 0 spiro atoms. The van der Waals surface area contributed by atoms with Gasteiger partial charge in [0, 0.05) is 12.5 Å². The first-order valence-corrected chi connectivity index (χ1v) is 12.0. The van der Waals surface area contributed by atoms with Gasteiger partial charge in [-0.15, -0.1) is 0 Å². The van der Waals surface area contributed by atoms with Crippen molar-refractivity contribution in [3.8, 4) is 11.1 Å². The molecule has 1 saturated heterocycles. The second-order valence-corrected chi connectivity index (χ2v) is 9.57. The van der Waals surface area contributed by atoms with Gasteiger partial charge in [0.25, 0.3) is 0 Å². The highest BCUT2D eigenvalue weighted by Crippen LogP contribution is 2.44. The predicted octanol–water partition coefficient (Wildman–Crippen LogP) is 3.40. The van der Waals surface area contributed by atoms with Crippen LogP contribution in [0.3, 0.4) is 0 Å². The van der Waals surface area contributed by atoms with Crippen molar-refractivity contribution >= 4 is 18.0 Å². The van der Waals surface area contributed by atoms with E-state index in [0.29, 0.717) is 0 Å². The lowest BCUT2D eigenvalue weighted by molar-refractivity contribution is -0.138. The molecule has 2 aromatic carbocycles. The minimum absolute atomic E-state index is 0.0134. The van der Waals surface area contributed by atoms with E-state index in [2.05, 4.69) is 34.9 Å². The van der Waals surface area contributed by atoms with E-state index in [1.807, 2.05) is 38.1 Å². The number of carbonyl (C=O) groups is 3. The highest BCUT2D eigenvalue weighted by molar-refractivity contribution is 5.81. The number of carboxylic acid groups (broad SMARTS) is 1. The topological polar surface area (TPSA) is 114 Å². The largest absolute Gasteiger partial charge is 0.481 e. The molecule has 35 heavy (non-hydrogen) atoms. The third-order valence-electron chi connectivity index (χ3n) is 6.98. The van der Waals surface area contributed by atoms with Crippen LogP contribution in [-0.2, 0) is 19.1 Å². The average molecular weight is 481 g/mol. The van der Waals surface area contributed by atoms with Crippen molar-refractivity contribution in [3.63, 3.8) is 0 Å². The molecule has 3 atom stereocenters. The molecule has 8 nitrogen and oxygen atoms in total. The number of hydrogen-bond acceptors (Lipinski definition) is 5. The van der Waals surface area contributed by atoms with Gasteiger partial charge < -0.3 is 25.2 Å². The van der Waals surface area contributed by atoms with Crippen LogP contribution in [0.25, 0.3) is 11.1 Å². The fourth-order valence-electron chi connectivity index (χ4n) is 4.88. The van der Waals surface area contributed by atoms with Gasteiger partial charge in [0.05, 0.1) is 31.6 Å². The molecule has 2 aliphatic rings. The lowest BCUT2D eigenvalue weighted by atomic mass is 9.92. The zero-order valence-electron chi connectivity index (χ0n) is 20.0. The Morgan fingerprint density at radius 3 is 2.26 bits per heavy atom. The van der Waals surface area contributed by atoms with Crippen LogP contribution in [0.4, 0.5) is 4.79 Å². The number of rotatable bonds is 9. The molecule has 1 fully saturated rings. The maximum Gasteiger partial charge on any atom is 0.407 e. The fourth-order valence-corrected chi connectivity index (χ4v) is 4.88. The molecule has 0 radical (unpaired) electrons. The third kappa shape index (κ3) is 5.65. The smallest absolute Gasteiger partial charge is 0.407 e. The van der Waals surface area contributed by atoms with E-state index in [4.69, 9.17) is 14.6 Å². The molecule has 0 saturated carbocycles. The molecular weight excluding hydrogens is 448 g/mol. The summed E-state index contributed by atoms with van der Waals surface area (Å²) >= 11 is 0. The summed E-state index contributed by atoms with van der Waals surface area (Å²) in [6.45, 7) is 4.71. The van der Waals surface area contributed by atoms with Crippen LogP contribution in [0, 0.1) is 17.8 Å². The van der Waals surface area contributed by atoms with Crippen molar-refractivity contribution in [2.24, 2.45) is 17.8 Å². The van der Waals surface area contributed by atoms with Crippen molar-refractivity contribution in [2.45, 2.75) is 32.2 Å². The van der Waals surface area contributed by atoms with E-state index in [0.717, 1.165) is 22.3 Å². The molecule has 1 aliphatic heterocycles. The molecule has 1 aliphatic carbocycles. The van der Waals surface area contributed by atoms with E-state index >= 15 is 0 Å². The Morgan fingerprint density at radius 2 is 1.66 bits per heavy atom. The van der Waals surface area contributed by atoms with E-state index in [1.165, 1.54) is 0 Å². The number of carboxylic acids is 1. The van der Waals surface area contributed by atoms with E-state index in [9.17, 15) is 14.4 Å². The van der Waals surface area contributed by atoms with Gasteiger partial charge in [0.2, 0.25) is 5.91 Å². The number of nitrogens with one attached hydrogen (secondary N) is 2. The van der Waals surface area contributed by atoms with Gasteiger partial charge >= 0.3 is 12.1 Å². The maximum absolute atomic E-state index is 12.8. The Balaban J connectivity index is 1.32. The number of hydrogen-bond donors (Lipinski definition) is 3. The molecular formula is C27H32N2O6.